The molecule has 3 heterocycles. The zero-order valence-corrected chi connectivity index (χ0v) is 15.4. The van der Waals surface area contributed by atoms with E-state index in [1.807, 2.05) is 12.1 Å². The molecule has 0 amide bonds. The molecule has 0 spiro atoms. The number of aromatic nitrogens is 3. The van der Waals surface area contributed by atoms with Crippen LogP contribution in [0.1, 0.15) is 24.5 Å². The molecular weight excluding hydrogens is 332 g/mol. The first-order chi connectivity index (χ1) is 13.3. The number of para-hydroxylation sites is 2. The fraction of sp³-hybridized carbons (Fsp3) is 0.217. The standard InChI is InChI=1S/C23H22N4/c1-2-16-6-5-8-18-20(14-24-22(16)18)17-10-12-27(13-11-17)23-19-7-3-4-9-21(19)25-15-26-23/h3-10,14-15,24H,2,11-13H2,1H3. The smallest absolute Gasteiger partial charge is 0.140 e. The largest absolute Gasteiger partial charge is 0.360 e. The van der Waals surface area contributed by atoms with Crippen molar-refractivity contribution in [1.29, 1.82) is 0 Å². The van der Waals surface area contributed by atoms with E-state index in [1.54, 1.807) is 6.33 Å². The number of fused-ring (bicyclic) bond motifs is 2. The Morgan fingerprint density at radius 3 is 2.78 bits per heavy atom. The van der Waals surface area contributed by atoms with E-state index in [9.17, 15) is 0 Å². The predicted octanol–water partition coefficient (Wildman–Crippen LogP) is 4.97. The van der Waals surface area contributed by atoms with Crippen molar-refractivity contribution in [3.8, 4) is 0 Å². The van der Waals surface area contributed by atoms with Crippen molar-refractivity contribution < 1.29 is 0 Å². The lowest BCUT2D eigenvalue weighted by Crippen LogP contribution is -2.29. The number of H-pyrrole nitrogens is 1. The van der Waals surface area contributed by atoms with Crippen molar-refractivity contribution in [3.63, 3.8) is 0 Å². The molecule has 1 aliphatic rings. The Kier molecular flexibility index (Phi) is 3.89. The summed E-state index contributed by atoms with van der Waals surface area (Å²) in [6, 6.07) is 14.8. The highest BCUT2D eigenvalue weighted by Crippen LogP contribution is 2.32. The summed E-state index contributed by atoms with van der Waals surface area (Å²) in [5, 5.41) is 2.46. The van der Waals surface area contributed by atoms with Gasteiger partial charge in [-0.1, -0.05) is 43.3 Å². The van der Waals surface area contributed by atoms with Crippen LogP contribution >= 0.6 is 0 Å². The summed E-state index contributed by atoms with van der Waals surface area (Å²) in [4.78, 5) is 14.8. The van der Waals surface area contributed by atoms with Gasteiger partial charge in [0.1, 0.15) is 12.1 Å². The summed E-state index contributed by atoms with van der Waals surface area (Å²) in [5.74, 6) is 1.03. The lowest BCUT2D eigenvalue weighted by atomic mass is 9.97. The van der Waals surface area contributed by atoms with Crippen molar-refractivity contribution in [2.45, 2.75) is 19.8 Å². The highest BCUT2D eigenvalue weighted by molar-refractivity contribution is 5.95. The monoisotopic (exact) mass is 354 g/mol. The van der Waals surface area contributed by atoms with Crippen molar-refractivity contribution in [1.82, 2.24) is 15.0 Å². The topological polar surface area (TPSA) is 44.8 Å². The molecule has 0 saturated heterocycles. The van der Waals surface area contributed by atoms with Gasteiger partial charge in [-0.25, -0.2) is 9.97 Å². The Bertz CT molecular complexity index is 1150. The maximum Gasteiger partial charge on any atom is 0.140 e. The van der Waals surface area contributed by atoms with Gasteiger partial charge in [0.25, 0.3) is 0 Å². The molecule has 1 aliphatic heterocycles. The second-order valence-corrected chi connectivity index (χ2v) is 7.04. The van der Waals surface area contributed by atoms with Gasteiger partial charge < -0.3 is 9.88 Å². The van der Waals surface area contributed by atoms with Gasteiger partial charge in [-0.15, -0.1) is 0 Å². The Morgan fingerprint density at radius 2 is 1.93 bits per heavy atom. The van der Waals surface area contributed by atoms with E-state index in [4.69, 9.17) is 0 Å². The zero-order chi connectivity index (χ0) is 18.2. The molecule has 2 aromatic carbocycles. The molecule has 0 bridgehead atoms. The first-order valence-corrected chi connectivity index (χ1v) is 9.58. The van der Waals surface area contributed by atoms with E-state index in [0.29, 0.717) is 0 Å². The van der Waals surface area contributed by atoms with E-state index in [-0.39, 0.29) is 0 Å². The Morgan fingerprint density at radius 1 is 1.04 bits per heavy atom. The fourth-order valence-electron chi connectivity index (χ4n) is 4.13. The zero-order valence-electron chi connectivity index (χ0n) is 15.4. The number of aromatic amines is 1. The number of hydrogen-bond donors (Lipinski definition) is 1. The lowest BCUT2D eigenvalue weighted by Gasteiger charge is -2.28. The summed E-state index contributed by atoms with van der Waals surface area (Å²) in [5.41, 5.74) is 6.42. The number of benzene rings is 2. The summed E-state index contributed by atoms with van der Waals surface area (Å²) in [6.45, 7) is 4.04. The predicted molar refractivity (Wildman–Crippen MR) is 112 cm³/mol. The van der Waals surface area contributed by atoms with Gasteiger partial charge in [-0.2, -0.15) is 0 Å². The SMILES string of the molecule is CCc1cccc2c(C3=CCN(c4ncnc5ccccc45)CC3)c[nH]c12. The highest BCUT2D eigenvalue weighted by Gasteiger charge is 2.18. The molecule has 5 rings (SSSR count). The molecule has 0 unspecified atom stereocenters. The van der Waals surface area contributed by atoms with Crippen LogP contribution in [0.3, 0.4) is 0 Å². The van der Waals surface area contributed by atoms with E-state index >= 15 is 0 Å². The molecule has 4 aromatic rings. The maximum atomic E-state index is 4.57. The quantitative estimate of drug-likeness (QED) is 0.565. The van der Waals surface area contributed by atoms with E-state index in [0.717, 1.165) is 42.7 Å². The van der Waals surface area contributed by atoms with Crippen molar-refractivity contribution >= 4 is 33.2 Å². The van der Waals surface area contributed by atoms with Gasteiger partial charge in [0.05, 0.1) is 5.52 Å². The van der Waals surface area contributed by atoms with Gasteiger partial charge in [0.2, 0.25) is 0 Å². The molecule has 0 saturated carbocycles. The Hall–Kier alpha value is -3.14. The maximum absolute atomic E-state index is 4.57. The molecule has 134 valence electrons. The van der Waals surface area contributed by atoms with Gasteiger partial charge >= 0.3 is 0 Å². The highest BCUT2D eigenvalue weighted by atomic mass is 15.2. The molecule has 0 radical (unpaired) electrons. The average molecular weight is 354 g/mol. The summed E-state index contributed by atoms with van der Waals surface area (Å²) >= 11 is 0. The molecule has 0 aliphatic carbocycles. The summed E-state index contributed by atoms with van der Waals surface area (Å²) in [7, 11) is 0. The minimum atomic E-state index is 0.872. The number of hydrogen-bond acceptors (Lipinski definition) is 3. The second-order valence-electron chi connectivity index (χ2n) is 7.04. The second kappa shape index (κ2) is 6.54. The van der Waals surface area contributed by atoms with Crippen LogP contribution in [-0.4, -0.2) is 28.0 Å². The van der Waals surface area contributed by atoms with E-state index in [1.165, 1.54) is 27.6 Å². The minimum absolute atomic E-state index is 0.872. The first-order valence-electron chi connectivity index (χ1n) is 9.58. The van der Waals surface area contributed by atoms with Gasteiger partial charge in [0, 0.05) is 41.1 Å². The van der Waals surface area contributed by atoms with Crippen LogP contribution < -0.4 is 4.90 Å². The van der Waals surface area contributed by atoms with Crippen LogP contribution in [0.5, 0.6) is 0 Å². The third kappa shape index (κ3) is 2.69. The number of anilines is 1. The van der Waals surface area contributed by atoms with Crippen LogP contribution in [0.15, 0.2) is 61.1 Å². The molecule has 1 N–H and O–H groups in total. The lowest BCUT2D eigenvalue weighted by molar-refractivity contribution is 0.819. The summed E-state index contributed by atoms with van der Waals surface area (Å²) in [6.07, 6.45) is 8.25. The average Bonchev–Trinajstić information content (AvgIpc) is 3.18. The Labute approximate surface area is 158 Å². The van der Waals surface area contributed by atoms with Crippen molar-refractivity contribution in [2.75, 3.05) is 18.0 Å². The fourth-order valence-corrected chi connectivity index (χ4v) is 4.13. The van der Waals surface area contributed by atoms with Crippen LogP contribution in [0.25, 0.3) is 27.4 Å². The number of aryl methyl sites for hydroxylation is 1. The van der Waals surface area contributed by atoms with E-state index in [2.05, 4.69) is 69.4 Å². The molecular formula is C23H22N4. The normalized spacial score (nSPS) is 14.7. The molecule has 0 atom stereocenters. The minimum Gasteiger partial charge on any atom is -0.360 e. The third-order valence-corrected chi connectivity index (χ3v) is 5.56. The van der Waals surface area contributed by atoms with Crippen LogP contribution in [0.2, 0.25) is 0 Å². The van der Waals surface area contributed by atoms with E-state index < -0.39 is 0 Å². The van der Waals surface area contributed by atoms with Crippen molar-refractivity contribution in [2.24, 2.45) is 0 Å². The molecule has 2 aromatic heterocycles. The molecule has 0 fully saturated rings. The Balaban J connectivity index is 1.48. The van der Waals surface area contributed by atoms with Crippen LogP contribution in [-0.2, 0) is 6.42 Å². The van der Waals surface area contributed by atoms with Crippen LogP contribution in [0.4, 0.5) is 5.82 Å². The van der Waals surface area contributed by atoms with Crippen LogP contribution in [0, 0.1) is 0 Å². The summed E-state index contributed by atoms with van der Waals surface area (Å²) < 4.78 is 0. The molecule has 4 heteroatoms. The number of nitrogens with zero attached hydrogens (tertiary/aromatic N) is 3. The third-order valence-electron chi connectivity index (χ3n) is 5.56. The van der Waals surface area contributed by atoms with Gasteiger partial charge in [-0.3, -0.25) is 0 Å². The number of rotatable bonds is 3. The van der Waals surface area contributed by atoms with Gasteiger partial charge in [0.15, 0.2) is 0 Å². The van der Waals surface area contributed by atoms with Gasteiger partial charge in [-0.05, 0) is 36.1 Å². The molecule has 4 nitrogen and oxygen atoms in total. The molecule has 27 heavy (non-hydrogen) atoms. The number of nitrogens with one attached hydrogen (secondary N) is 1. The first kappa shape index (κ1) is 16.1. The van der Waals surface area contributed by atoms with Crippen molar-refractivity contribution in [3.05, 3.63) is 72.2 Å².